The average Bonchev–Trinajstić information content (AvgIpc) is 2.88. The third-order valence-electron chi connectivity index (χ3n) is 5.97. The molecule has 0 radical (unpaired) electrons. The number of amides is 5. The Labute approximate surface area is 236 Å². The van der Waals surface area contributed by atoms with Crippen molar-refractivity contribution < 1.29 is 39.0 Å². The van der Waals surface area contributed by atoms with E-state index in [1.54, 1.807) is 12.1 Å². The summed E-state index contributed by atoms with van der Waals surface area (Å²) >= 11 is 0.754. The highest BCUT2D eigenvalue weighted by molar-refractivity contribution is 8.13. The Morgan fingerprint density at radius 1 is 0.925 bits per heavy atom. The van der Waals surface area contributed by atoms with Crippen molar-refractivity contribution in [3.63, 3.8) is 0 Å². The Kier molecular flexibility index (Phi) is 12.4. The summed E-state index contributed by atoms with van der Waals surface area (Å²) in [7, 11) is 0. The molecule has 0 spiro atoms. The van der Waals surface area contributed by atoms with Crippen molar-refractivity contribution in [1.82, 2.24) is 26.6 Å². The van der Waals surface area contributed by atoms with Crippen LogP contribution < -0.4 is 26.6 Å². The normalized spacial score (nSPS) is 25.4. The number of rotatable bonds is 6. The van der Waals surface area contributed by atoms with E-state index >= 15 is 0 Å². The highest BCUT2D eigenvalue weighted by Crippen LogP contribution is 2.16. The number of phenolic OH excluding ortho intramolecular Hbond substituents is 1. The molecule has 7 N–H and O–H groups in total. The molecule has 2 rings (SSSR count). The molecule has 220 valence electrons. The van der Waals surface area contributed by atoms with Crippen molar-refractivity contribution >= 4 is 46.4 Å². The number of benzene rings is 1. The molecule has 40 heavy (non-hydrogen) atoms. The lowest BCUT2D eigenvalue weighted by molar-refractivity contribution is -0.135. The van der Waals surface area contributed by atoms with Gasteiger partial charge in [0.1, 0.15) is 29.9 Å². The number of carbonyl (C=O) groups excluding carboxylic acids is 6. The van der Waals surface area contributed by atoms with Gasteiger partial charge in [0, 0.05) is 19.1 Å². The number of hydrogen-bond donors (Lipinski definition) is 7. The Bertz CT molecular complexity index is 1100. The van der Waals surface area contributed by atoms with Crippen LogP contribution in [-0.4, -0.2) is 87.4 Å². The monoisotopic (exact) mass is 579 g/mol. The average molecular weight is 580 g/mol. The topological polar surface area (TPSA) is 203 Å². The van der Waals surface area contributed by atoms with Crippen LogP contribution in [0.5, 0.6) is 5.75 Å². The van der Waals surface area contributed by atoms with Crippen LogP contribution in [0.2, 0.25) is 0 Å². The second-order valence-electron chi connectivity index (χ2n) is 9.98. The van der Waals surface area contributed by atoms with Gasteiger partial charge in [-0.2, -0.15) is 0 Å². The molecule has 1 fully saturated rings. The summed E-state index contributed by atoms with van der Waals surface area (Å²) < 4.78 is 0. The third kappa shape index (κ3) is 10.2. The Hall–Kier alpha value is -3.65. The second-order valence-corrected chi connectivity index (χ2v) is 11.0. The molecule has 5 amide bonds. The summed E-state index contributed by atoms with van der Waals surface area (Å²) in [6, 6.07) is 0.0219. The molecule has 1 heterocycles. The Balaban J connectivity index is 2.45. The quantitative estimate of drug-likeness (QED) is 0.214. The summed E-state index contributed by atoms with van der Waals surface area (Å²) in [6.45, 7) is 5.48. The third-order valence-corrected chi connectivity index (χ3v) is 7.04. The van der Waals surface area contributed by atoms with E-state index in [4.69, 9.17) is 0 Å². The maximum absolute atomic E-state index is 13.4. The number of thioether (sulfide) groups is 1. The van der Waals surface area contributed by atoms with Crippen molar-refractivity contribution in [2.45, 2.75) is 70.7 Å². The van der Waals surface area contributed by atoms with E-state index in [0.29, 0.717) is 5.56 Å². The molecule has 1 aliphatic rings. The van der Waals surface area contributed by atoms with Gasteiger partial charge in [-0.25, -0.2) is 0 Å². The van der Waals surface area contributed by atoms with Gasteiger partial charge in [-0.05, 0) is 37.0 Å². The van der Waals surface area contributed by atoms with Crippen LogP contribution in [0.3, 0.4) is 0 Å². The number of carbonyl (C=O) groups is 6. The fourth-order valence-electron chi connectivity index (χ4n) is 3.87. The smallest absolute Gasteiger partial charge is 0.245 e. The molecule has 5 atom stereocenters. The number of nitrogens with one attached hydrogen (secondary N) is 5. The Morgan fingerprint density at radius 3 is 2.08 bits per heavy atom. The fourth-order valence-corrected chi connectivity index (χ4v) is 4.79. The van der Waals surface area contributed by atoms with Gasteiger partial charge in [0.2, 0.25) is 34.7 Å². The van der Waals surface area contributed by atoms with E-state index in [1.165, 1.54) is 26.0 Å². The largest absolute Gasteiger partial charge is 0.508 e. The minimum absolute atomic E-state index is 0.00476. The first-order valence-corrected chi connectivity index (χ1v) is 13.8. The number of aromatic hydroxyl groups is 1. The summed E-state index contributed by atoms with van der Waals surface area (Å²) in [5.41, 5.74) is 0.591. The van der Waals surface area contributed by atoms with Gasteiger partial charge in [-0.3, -0.25) is 28.8 Å². The van der Waals surface area contributed by atoms with E-state index in [9.17, 15) is 39.0 Å². The molecule has 1 aromatic carbocycles. The van der Waals surface area contributed by atoms with Crippen LogP contribution in [0.25, 0.3) is 0 Å². The zero-order valence-corrected chi connectivity index (χ0v) is 23.7. The molecule has 0 unspecified atom stereocenters. The van der Waals surface area contributed by atoms with Crippen molar-refractivity contribution in [2.24, 2.45) is 5.92 Å². The first-order chi connectivity index (χ1) is 18.8. The van der Waals surface area contributed by atoms with Gasteiger partial charge in [0.15, 0.2) is 0 Å². The van der Waals surface area contributed by atoms with E-state index < -0.39 is 71.5 Å². The molecule has 0 aliphatic carbocycles. The highest BCUT2D eigenvalue weighted by atomic mass is 32.2. The fraction of sp³-hybridized carbons (Fsp3) is 0.538. The molecule has 1 aromatic rings. The molecular formula is C26H37N5O8S. The second kappa shape index (κ2) is 15.2. The summed E-state index contributed by atoms with van der Waals surface area (Å²) in [5.74, 6) is -3.74. The zero-order chi connectivity index (χ0) is 30.0. The predicted molar refractivity (Wildman–Crippen MR) is 147 cm³/mol. The van der Waals surface area contributed by atoms with E-state index in [-0.39, 0.29) is 30.3 Å². The van der Waals surface area contributed by atoms with Gasteiger partial charge in [0.05, 0.1) is 12.6 Å². The number of hydrogen-bond acceptors (Lipinski definition) is 9. The first-order valence-electron chi connectivity index (χ1n) is 12.8. The van der Waals surface area contributed by atoms with E-state index in [1.807, 2.05) is 13.8 Å². The molecular weight excluding hydrogens is 542 g/mol. The SMILES string of the molecule is CC(=O)N[C@H]1CSC(=O)[C@H](CC(C)C)NC(=O)[C@H](Cc2ccc(O)cc2)NC(=O)[C@H](CO)NC(=O)[C@H](C)NC1=O. The molecule has 0 aromatic heterocycles. The van der Waals surface area contributed by atoms with Crippen molar-refractivity contribution in [2.75, 3.05) is 12.4 Å². The zero-order valence-electron chi connectivity index (χ0n) is 22.9. The minimum Gasteiger partial charge on any atom is -0.508 e. The molecule has 13 nitrogen and oxygen atoms in total. The molecule has 0 saturated carbocycles. The lowest BCUT2D eigenvalue weighted by Gasteiger charge is -2.27. The minimum atomic E-state index is -1.45. The highest BCUT2D eigenvalue weighted by Gasteiger charge is 2.33. The van der Waals surface area contributed by atoms with Gasteiger partial charge in [-0.1, -0.05) is 37.7 Å². The molecule has 0 bridgehead atoms. The number of phenols is 1. The summed E-state index contributed by atoms with van der Waals surface area (Å²) in [6.07, 6.45) is 0.248. The van der Waals surface area contributed by atoms with Crippen LogP contribution >= 0.6 is 11.8 Å². The van der Waals surface area contributed by atoms with Crippen molar-refractivity contribution in [3.05, 3.63) is 29.8 Å². The van der Waals surface area contributed by atoms with Crippen LogP contribution in [0, 0.1) is 5.92 Å². The van der Waals surface area contributed by atoms with Crippen LogP contribution in [0.15, 0.2) is 24.3 Å². The predicted octanol–water partition coefficient (Wildman–Crippen LogP) is -1.29. The number of aliphatic hydroxyl groups excluding tert-OH is 1. The molecule has 1 aliphatic heterocycles. The van der Waals surface area contributed by atoms with Crippen LogP contribution in [-0.2, 0) is 35.2 Å². The Morgan fingerprint density at radius 2 is 1.50 bits per heavy atom. The lowest BCUT2D eigenvalue weighted by Crippen LogP contribution is -2.60. The molecule has 14 heteroatoms. The van der Waals surface area contributed by atoms with Crippen molar-refractivity contribution in [3.8, 4) is 5.75 Å². The van der Waals surface area contributed by atoms with E-state index in [2.05, 4.69) is 26.6 Å². The first kappa shape index (κ1) is 32.6. The summed E-state index contributed by atoms with van der Waals surface area (Å²) in [5, 5.41) is 31.4. The standard InChI is InChI=1S/C26H37N5O8S/c1-13(2)9-19-26(39)40-12-21(28-15(4)33)25(38)27-14(3)22(35)31-20(11-32)24(37)29-18(23(36)30-19)10-16-5-7-17(34)8-6-16/h5-8,13-14,18-21,32,34H,9-12H2,1-4H3,(H,27,38)(H,28,33)(H,29,37)(H,30,36)(H,31,35)/t14-,18-,19-,20-,21-/m0/s1. The molecule has 1 saturated heterocycles. The van der Waals surface area contributed by atoms with Gasteiger partial charge in [-0.15, -0.1) is 0 Å². The van der Waals surface area contributed by atoms with E-state index in [0.717, 1.165) is 11.8 Å². The van der Waals surface area contributed by atoms with Gasteiger partial charge >= 0.3 is 0 Å². The van der Waals surface area contributed by atoms with Gasteiger partial charge < -0.3 is 36.8 Å². The van der Waals surface area contributed by atoms with Gasteiger partial charge in [0.25, 0.3) is 0 Å². The number of aliphatic hydroxyl groups is 1. The van der Waals surface area contributed by atoms with Crippen molar-refractivity contribution in [1.29, 1.82) is 0 Å². The maximum atomic E-state index is 13.4. The summed E-state index contributed by atoms with van der Waals surface area (Å²) in [4.78, 5) is 76.9. The van der Waals surface area contributed by atoms with Crippen LogP contribution in [0.4, 0.5) is 0 Å². The van der Waals surface area contributed by atoms with Crippen LogP contribution in [0.1, 0.15) is 39.7 Å². The maximum Gasteiger partial charge on any atom is 0.245 e. The lowest BCUT2D eigenvalue weighted by atomic mass is 10.0.